The Morgan fingerprint density at radius 1 is 1.36 bits per heavy atom. The first-order chi connectivity index (χ1) is 12.0. The van der Waals surface area contributed by atoms with Crippen LogP contribution in [-0.2, 0) is 9.59 Å². The average Bonchev–Trinajstić information content (AvgIpc) is 2.95. The summed E-state index contributed by atoms with van der Waals surface area (Å²) < 4.78 is 4.97. The maximum absolute atomic E-state index is 12.3. The van der Waals surface area contributed by atoms with Crippen LogP contribution in [0, 0.1) is 5.41 Å². The van der Waals surface area contributed by atoms with Crippen LogP contribution in [0.15, 0.2) is 39.9 Å². The van der Waals surface area contributed by atoms with Gasteiger partial charge in [-0.1, -0.05) is 19.1 Å². The Morgan fingerprint density at radius 3 is 2.72 bits per heavy atom. The number of fused-ring (bicyclic) bond motifs is 1. The molecule has 0 aromatic heterocycles. The zero-order valence-electron chi connectivity index (χ0n) is 13.8. The largest absolute Gasteiger partial charge is 0.427 e. The van der Waals surface area contributed by atoms with E-state index in [0.717, 1.165) is 17.9 Å². The molecule has 2 aliphatic rings. The average molecular weight is 356 g/mol. The van der Waals surface area contributed by atoms with Gasteiger partial charge in [0.25, 0.3) is 5.91 Å². The van der Waals surface area contributed by atoms with Gasteiger partial charge in [0.1, 0.15) is 10.8 Å². The smallest absolute Gasteiger partial charge is 0.308 e. The van der Waals surface area contributed by atoms with E-state index in [1.807, 2.05) is 6.92 Å². The summed E-state index contributed by atoms with van der Waals surface area (Å²) in [5.41, 5.74) is 0.873. The van der Waals surface area contributed by atoms with Gasteiger partial charge in [-0.25, -0.2) is 0 Å². The molecule has 7 nitrogen and oxygen atoms in total. The minimum absolute atomic E-state index is 0.0117. The summed E-state index contributed by atoms with van der Waals surface area (Å²) in [6, 6.07) is 6.66. The number of amides is 1. The van der Waals surface area contributed by atoms with Gasteiger partial charge < -0.3 is 4.74 Å². The molecule has 0 atom stereocenters. The van der Waals surface area contributed by atoms with Crippen molar-refractivity contribution >= 4 is 45.8 Å². The number of hydrazone groups is 1. The second kappa shape index (κ2) is 7.02. The molecule has 128 valence electrons. The molecule has 0 fully saturated rings. The number of rotatable bonds is 4. The van der Waals surface area contributed by atoms with Gasteiger partial charge in [0.15, 0.2) is 5.84 Å². The Hall–Kier alpha value is -2.74. The third kappa shape index (κ3) is 3.69. The Labute approximate surface area is 149 Å². The van der Waals surface area contributed by atoms with E-state index in [1.54, 1.807) is 30.3 Å². The third-order valence-electron chi connectivity index (χ3n) is 3.41. The van der Waals surface area contributed by atoms with Crippen LogP contribution in [0.3, 0.4) is 0 Å². The van der Waals surface area contributed by atoms with Crippen molar-refractivity contribution in [2.24, 2.45) is 10.1 Å². The number of esters is 1. The fourth-order valence-electron chi connectivity index (χ4n) is 2.31. The second-order valence-electron chi connectivity index (χ2n) is 5.43. The van der Waals surface area contributed by atoms with Crippen LogP contribution in [0.5, 0.6) is 5.75 Å². The number of ether oxygens (including phenoxy) is 1. The number of thioether (sulfide) groups is 1. The highest BCUT2D eigenvalue weighted by Gasteiger charge is 2.35. The summed E-state index contributed by atoms with van der Waals surface area (Å²) in [5.74, 6) is -0.423. The lowest BCUT2D eigenvalue weighted by molar-refractivity contribution is -0.131. The van der Waals surface area contributed by atoms with E-state index >= 15 is 0 Å². The number of aliphatic imine (C=N–C) groups is 1. The van der Waals surface area contributed by atoms with Gasteiger partial charge in [0.05, 0.1) is 5.57 Å². The lowest BCUT2D eigenvalue weighted by Gasteiger charge is -2.20. The van der Waals surface area contributed by atoms with E-state index in [0.29, 0.717) is 16.5 Å². The first-order valence-electron chi connectivity index (χ1n) is 7.75. The van der Waals surface area contributed by atoms with Crippen LogP contribution in [0.2, 0.25) is 0 Å². The molecule has 1 amide bonds. The van der Waals surface area contributed by atoms with E-state index in [2.05, 4.69) is 10.1 Å². The van der Waals surface area contributed by atoms with E-state index in [4.69, 9.17) is 10.1 Å². The molecule has 0 unspecified atom stereocenters. The van der Waals surface area contributed by atoms with Crippen LogP contribution in [-0.4, -0.2) is 32.9 Å². The highest BCUT2D eigenvalue weighted by atomic mass is 32.2. The molecule has 0 saturated carbocycles. The molecule has 0 saturated heterocycles. The maximum atomic E-state index is 12.3. The summed E-state index contributed by atoms with van der Waals surface area (Å²) >= 11 is 1.33. The molecule has 0 radical (unpaired) electrons. The molecular formula is C17H16N4O3S. The Kier molecular flexibility index (Phi) is 4.80. The fraction of sp³-hybridized carbons (Fsp3) is 0.235. The highest BCUT2D eigenvalue weighted by Crippen LogP contribution is 2.29. The third-order valence-corrected chi connectivity index (χ3v) is 4.38. The molecule has 25 heavy (non-hydrogen) atoms. The van der Waals surface area contributed by atoms with E-state index in [1.165, 1.54) is 23.7 Å². The minimum atomic E-state index is -0.458. The van der Waals surface area contributed by atoms with Crippen molar-refractivity contribution in [3.05, 3.63) is 35.4 Å². The summed E-state index contributed by atoms with van der Waals surface area (Å²) in [4.78, 5) is 27.2. The van der Waals surface area contributed by atoms with E-state index in [-0.39, 0.29) is 11.4 Å². The SMILES string of the molecule is CCCC1=NN2C(=N)/C(=C/c3ccc(OC(C)=O)cc3)C(=O)N=C2S1. The summed E-state index contributed by atoms with van der Waals surface area (Å²) in [6.07, 6.45) is 3.31. The van der Waals surface area contributed by atoms with Crippen molar-refractivity contribution in [3.63, 3.8) is 0 Å². The fourth-order valence-corrected chi connectivity index (χ4v) is 3.30. The number of benzene rings is 1. The number of carbonyl (C=O) groups is 2. The number of nitrogens with zero attached hydrogens (tertiary/aromatic N) is 3. The van der Waals surface area contributed by atoms with Crippen LogP contribution in [0.25, 0.3) is 6.08 Å². The van der Waals surface area contributed by atoms with Crippen molar-refractivity contribution < 1.29 is 14.3 Å². The van der Waals surface area contributed by atoms with Crippen molar-refractivity contribution in [2.75, 3.05) is 0 Å². The molecule has 3 rings (SSSR count). The number of carbonyl (C=O) groups excluding carboxylic acids is 2. The Morgan fingerprint density at radius 2 is 2.08 bits per heavy atom. The Balaban J connectivity index is 1.85. The van der Waals surface area contributed by atoms with Gasteiger partial charge in [-0.2, -0.15) is 15.1 Å². The molecule has 0 spiro atoms. The summed E-state index contributed by atoms with van der Waals surface area (Å²) in [7, 11) is 0. The minimum Gasteiger partial charge on any atom is -0.427 e. The van der Waals surface area contributed by atoms with Gasteiger partial charge in [0.2, 0.25) is 5.17 Å². The molecule has 2 aliphatic heterocycles. The lowest BCUT2D eigenvalue weighted by atomic mass is 10.1. The van der Waals surface area contributed by atoms with Gasteiger partial charge in [-0.05, 0) is 48.4 Å². The van der Waals surface area contributed by atoms with Crippen molar-refractivity contribution in [2.45, 2.75) is 26.7 Å². The van der Waals surface area contributed by atoms with E-state index < -0.39 is 11.9 Å². The first kappa shape index (κ1) is 17.1. The zero-order chi connectivity index (χ0) is 18.0. The van der Waals surface area contributed by atoms with Crippen molar-refractivity contribution in [1.29, 1.82) is 5.41 Å². The number of hydrogen-bond acceptors (Lipinski definition) is 6. The topological polar surface area (TPSA) is 95.2 Å². The molecule has 0 bridgehead atoms. The van der Waals surface area contributed by atoms with E-state index in [9.17, 15) is 9.59 Å². The van der Waals surface area contributed by atoms with Crippen LogP contribution in [0.1, 0.15) is 32.3 Å². The summed E-state index contributed by atoms with van der Waals surface area (Å²) in [6.45, 7) is 3.37. The number of nitrogens with one attached hydrogen (secondary N) is 1. The molecule has 1 N–H and O–H groups in total. The Bertz CT molecular complexity index is 840. The lowest BCUT2D eigenvalue weighted by Crippen LogP contribution is -2.35. The molecule has 2 heterocycles. The predicted molar refractivity (Wildman–Crippen MR) is 97.7 cm³/mol. The quantitative estimate of drug-likeness (QED) is 0.508. The van der Waals surface area contributed by atoms with Crippen LogP contribution < -0.4 is 4.74 Å². The zero-order valence-corrected chi connectivity index (χ0v) is 14.6. The van der Waals surface area contributed by atoms with Gasteiger partial charge in [-0.3, -0.25) is 15.0 Å². The molecule has 8 heteroatoms. The molecule has 1 aromatic carbocycles. The van der Waals surface area contributed by atoms with Crippen molar-refractivity contribution in [3.8, 4) is 5.75 Å². The normalized spacial score (nSPS) is 18.2. The maximum Gasteiger partial charge on any atom is 0.308 e. The second-order valence-corrected chi connectivity index (χ2v) is 6.47. The predicted octanol–water partition coefficient (Wildman–Crippen LogP) is 3.03. The van der Waals surface area contributed by atoms with Crippen molar-refractivity contribution in [1.82, 2.24) is 5.01 Å². The summed E-state index contributed by atoms with van der Waals surface area (Å²) in [5, 5.41) is 15.3. The molecule has 0 aliphatic carbocycles. The van der Waals surface area contributed by atoms with Gasteiger partial charge >= 0.3 is 5.97 Å². The van der Waals surface area contributed by atoms with Gasteiger partial charge in [-0.15, -0.1) is 0 Å². The number of amidine groups is 2. The van der Waals surface area contributed by atoms with Crippen LogP contribution >= 0.6 is 11.8 Å². The first-order valence-corrected chi connectivity index (χ1v) is 8.57. The highest BCUT2D eigenvalue weighted by molar-refractivity contribution is 8.26. The van der Waals surface area contributed by atoms with Crippen LogP contribution in [0.4, 0.5) is 0 Å². The van der Waals surface area contributed by atoms with Gasteiger partial charge in [0, 0.05) is 6.92 Å². The molecule has 1 aromatic rings. The monoisotopic (exact) mass is 356 g/mol. The standard InChI is InChI=1S/C17H16N4O3S/c1-3-4-14-20-21-15(18)13(16(23)19-17(21)25-14)9-11-5-7-12(8-6-11)24-10(2)22/h5-9,18H,3-4H2,1-2H3/b13-9-,18-15?. The number of hydrogen-bond donors (Lipinski definition) is 1. The molecular weight excluding hydrogens is 340 g/mol.